The number of amides is 1. The lowest BCUT2D eigenvalue weighted by molar-refractivity contribution is 0.0590. The highest BCUT2D eigenvalue weighted by molar-refractivity contribution is 5.91. The van der Waals surface area contributed by atoms with Gasteiger partial charge in [-0.25, -0.2) is 0 Å². The van der Waals surface area contributed by atoms with Crippen molar-refractivity contribution >= 4 is 5.91 Å². The second-order valence-corrected chi connectivity index (χ2v) is 7.13. The van der Waals surface area contributed by atoms with Crippen molar-refractivity contribution in [1.82, 2.24) is 9.80 Å². The highest BCUT2D eigenvalue weighted by atomic mass is 16.5. The Morgan fingerprint density at radius 1 is 1.19 bits per heavy atom. The molecule has 0 unspecified atom stereocenters. The second-order valence-electron chi connectivity index (χ2n) is 7.13. The maximum Gasteiger partial charge on any atom is 0.289 e. The SMILES string of the molecule is Cc1cc(OCCN2CCN(C(=O)c3ccco3)CC2)ccc1C(C)C. The van der Waals surface area contributed by atoms with Gasteiger partial charge >= 0.3 is 0 Å². The number of hydrogen-bond acceptors (Lipinski definition) is 4. The van der Waals surface area contributed by atoms with Crippen LogP contribution in [0.15, 0.2) is 41.0 Å². The molecule has 1 saturated heterocycles. The quantitative estimate of drug-likeness (QED) is 0.794. The minimum atomic E-state index is -0.0217. The average molecular weight is 356 g/mol. The molecule has 0 saturated carbocycles. The van der Waals surface area contributed by atoms with Crippen molar-refractivity contribution in [3.8, 4) is 5.75 Å². The summed E-state index contributed by atoms with van der Waals surface area (Å²) in [5, 5.41) is 0. The van der Waals surface area contributed by atoms with E-state index in [9.17, 15) is 4.79 Å². The molecule has 0 spiro atoms. The van der Waals surface area contributed by atoms with E-state index in [1.54, 1.807) is 12.1 Å². The van der Waals surface area contributed by atoms with Crippen molar-refractivity contribution in [3.05, 3.63) is 53.5 Å². The molecule has 5 heteroatoms. The van der Waals surface area contributed by atoms with E-state index in [1.807, 2.05) is 4.90 Å². The summed E-state index contributed by atoms with van der Waals surface area (Å²) in [6, 6.07) is 9.80. The lowest BCUT2D eigenvalue weighted by Gasteiger charge is -2.34. The Balaban J connectivity index is 1.41. The van der Waals surface area contributed by atoms with Crippen LogP contribution in [0.4, 0.5) is 0 Å². The van der Waals surface area contributed by atoms with Gasteiger partial charge in [-0.2, -0.15) is 0 Å². The van der Waals surface area contributed by atoms with Gasteiger partial charge in [0.05, 0.1) is 6.26 Å². The topological polar surface area (TPSA) is 45.9 Å². The summed E-state index contributed by atoms with van der Waals surface area (Å²) in [6.07, 6.45) is 1.54. The van der Waals surface area contributed by atoms with Gasteiger partial charge in [0.15, 0.2) is 5.76 Å². The monoisotopic (exact) mass is 356 g/mol. The largest absolute Gasteiger partial charge is 0.492 e. The Morgan fingerprint density at radius 3 is 2.58 bits per heavy atom. The van der Waals surface area contributed by atoms with E-state index in [1.165, 1.54) is 17.4 Å². The molecule has 0 aliphatic carbocycles. The van der Waals surface area contributed by atoms with Crippen LogP contribution in [0, 0.1) is 6.92 Å². The number of furan rings is 1. The number of nitrogens with zero attached hydrogens (tertiary/aromatic N) is 2. The zero-order chi connectivity index (χ0) is 18.5. The van der Waals surface area contributed by atoms with Crippen molar-refractivity contribution in [2.45, 2.75) is 26.7 Å². The second kappa shape index (κ2) is 8.41. The number of hydrogen-bond donors (Lipinski definition) is 0. The Kier molecular flexibility index (Phi) is 5.99. The summed E-state index contributed by atoms with van der Waals surface area (Å²) in [6.45, 7) is 11.3. The number of rotatable bonds is 6. The predicted octanol–water partition coefficient (Wildman–Crippen LogP) is 3.55. The first kappa shape index (κ1) is 18.5. The Labute approximate surface area is 155 Å². The van der Waals surface area contributed by atoms with E-state index in [0.29, 0.717) is 18.3 Å². The molecule has 3 rings (SSSR count). The smallest absolute Gasteiger partial charge is 0.289 e. The number of carbonyl (C=O) groups excluding carboxylic acids is 1. The Bertz CT molecular complexity index is 717. The highest BCUT2D eigenvalue weighted by Crippen LogP contribution is 2.23. The summed E-state index contributed by atoms with van der Waals surface area (Å²) in [7, 11) is 0. The van der Waals surface area contributed by atoms with Gasteiger partial charge in [0, 0.05) is 32.7 Å². The van der Waals surface area contributed by atoms with Crippen LogP contribution < -0.4 is 4.74 Å². The fourth-order valence-corrected chi connectivity index (χ4v) is 3.41. The molecule has 1 aromatic carbocycles. The van der Waals surface area contributed by atoms with E-state index in [-0.39, 0.29) is 5.91 Å². The van der Waals surface area contributed by atoms with Crippen LogP contribution in [0.1, 0.15) is 41.4 Å². The van der Waals surface area contributed by atoms with Crippen LogP contribution in [0.3, 0.4) is 0 Å². The summed E-state index contributed by atoms with van der Waals surface area (Å²) in [5.74, 6) is 1.86. The van der Waals surface area contributed by atoms with Gasteiger partial charge in [0.25, 0.3) is 5.91 Å². The maximum absolute atomic E-state index is 12.3. The van der Waals surface area contributed by atoms with Crippen LogP contribution in [-0.4, -0.2) is 55.0 Å². The van der Waals surface area contributed by atoms with E-state index >= 15 is 0 Å². The minimum Gasteiger partial charge on any atom is -0.492 e. The fourth-order valence-electron chi connectivity index (χ4n) is 3.41. The third-order valence-corrected chi connectivity index (χ3v) is 4.93. The minimum absolute atomic E-state index is 0.0217. The molecule has 1 fully saturated rings. The van der Waals surface area contributed by atoms with Gasteiger partial charge in [-0.05, 0) is 48.2 Å². The molecule has 26 heavy (non-hydrogen) atoms. The number of aryl methyl sites for hydroxylation is 1. The molecular weight excluding hydrogens is 328 g/mol. The molecule has 2 heterocycles. The van der Waals surface area contributed by atoms with Crippen LogP contribution >= 0.6 is 0 Å². The van der Waals surface area contributed by atoms with Crippen molar-refractivity contribution in [3.63, 3.8) is 0 Å². The third kappa shape index (κ3) is 4.47. The maximum atomic E-state index is 12.3. The van der Waals surface area contributed by atoms with Gasteiger partial charge in [0.2, 0.25) is 0 Å². The van der Waals surface area contributed by atoms with E-state index in [4.69, 9.17) is 9.15 Å². The molecule has 2 aromatic rings. The molecule has 140 valence electrons. The zero-order valence-electron chi connectivity index (χ0n) is 15.9. The van der Waals surface area contributed by atoms with E-state index in [0.717, 1.165) is 38.5 Å². The molecule has 5 nitrogen and oxygen atoms in total. The van der Waals surface area contributed by atoms with Crippen LogP contribution in [0.2, 0.25) is 0 Å². The molecule has 0 bridgehead atoms. The summed E-state index contributed by atoms with van der Waals surface area (Å²) in [4.78, 5) is 16.4. The first-order valence-electron chi connectivity index (χ1n) is 9.33. The van der Waals surface area contributed by atoms with Crippen molar-refractivity contribution < 1.29 is 13.9 Å². The van der Waals surface area contributed by atoms with Crippen molar-refractivity contribution in [1.29, 1.82) is 0 Å². The Hall–Kier alpha value is -2.27. The normalized spacial score (nSPS) is 15.5. The van der Waals surface area contributed by atoms with E-state index < -0.39 is 0 Å². The molecule has 1 amide bonds. The molecule has 1 aliphatic heterocycles. The van der Waals surface area contributed by atoms with Gasteiger partial charge in [-0.1, -0.05) is 19.9 Å². The zero-order valence-corrected chi connectivity index (χ0v) is 15.9. The Morgan fingerprint density at radius 2 is 1.96 bits per heavy atom. The van der Waals surface area contributed by atoms with Crippen molar-refractivity contribution in [2.75, 3.05) is 39.3 Å². The first-order chi connectivity index (χ1) is 12.5. The van der Waals surface area contributed by atoms with Gasteiger partial charge in [-0.15, -0.1) is 0 Å². The molecule has 1 aromatic heterocycles. The first-order valence-corrected chi connectivity index (χ1v) is 9.33. The van der Waals surface area contributed by atoms with Crippen molar-refractivity contribution in [2.24, 2.45) is 0 Å². The highest BCUT2D eigenvalue weighted by Gasteiger charge is 2.23. The molecule has 0 radical (unpaired) electrons. The van der Waals surface area contributed by atoms with Crippen LogP contribution in [-0.2, 0) is 0 Å². The predicted molar refractivity (Wildman–Crippen MR) is 102 cm³/mol. The van der Waals surface area contributed by atoms with Gasteiger partial charge in [-0.3, -0.25) is 9.69 Å². The molecule has 0 atom stereocenters. The molecular formula is C21H28N2O3. The standard InChI is InChI=1S/C21H28N2O3/c1-16(2)19-7-6-18(15-17(19)3)25-14-12-22-8-10-23(11-9-22)21(24)20-5-4-13-26-20/h4-7,13,15-16H,8-12,14H2,1-3H3. The number of piperazine rings is 1. The average Bonchev–Trinajstić information content (AvgIpc) is 3.16. The summed E-state index contributed by atoms with van der Waals surface area (Å²) in [5.41, 5.74) is 2.65. The number of ether oxygens (including phenoxy) is 1. The van der Waals surface area contributed by atoms with Gasteiger partial charge in [0.1, 0.15) is 12.4 Å². The lowest BCUT2D eigenvalue weighted by Crippen LogP contribution is -2.49. The third-order valence-electron chi connectivity index (χ3n) is 4.93. The number of benzene rings is 1. The van der Waals surface area contributed by atoms with Crippen LogP contribution in [0.25, 0.3) is 0 Å². The summed E-state index contributed by atoms with van der Waals surface area (Å²) < 4.78 is 11.1. The lowest BCUT2D eigenvalue weighted by atomic mass is 9.98. The summed E-state index contributed by atoms with van der Waals surface area (Å²) >= 11 is 0. The van der Waals surface area contributed by atoms with Gasteiger partial charge < -0.3 is 14.1 Å². The molecule has 1 aliphatic rings. The van der Waals surface area contributed by atoms with Crippen LogP contribution in [0.5, 0.6) is 5.75 Å². The number of carbonyl (C=O) groups is 1. The molecule has 0 N–H and O–H groups in total. The van der Waals surface area contributed by atoms with E-state index in [2.05, 4.69) is 43.9 Å². The fraction of sp³-hybridized carbons (Fsp3) is 0.476.